The summed E-state index contributed by atoms with van der Waals surface area (Å²) < 4.78 is 74.6. The molecule has 2 N–H and O–H groups in total. The first-order chi connectivity index (χ1) is 31.9. The maximum absolute atomic E-state index is 14.4. The molecule has 0 aromatic rings. The van der Waals surface area contributed by atoms with E-state index < -0.39 is 48.2 Å². The second kappa shape index (κ2) is 20.1. The zero-order valence-corrected chi connectivity index (χ0v) is 39.5. The van der Waals surface area contributed by atoms with Gasteiger partial charge in [-0.05, 0) is 81.3 Å². The predicted octanol–water partition coefficient (Wildman–Crippen LogP) is 6.85. The Labute approximate surface area is 391 Å². The molecule has 0 aromatic heterocycles. The number of aliphatic hydroxyl groups excluding tert-OH is 1. The highest BCUT2D eigenvalue weighted by Gasteiger charge is 2.66. The molecule has 9 aliphatic heterocycles. The fraction of sp³-hybridized carbons (Fsp3) is 0.865. The van der Waals surface area contributed by atoms with Gasteiger partial charge in [0.25, 0.3) is 0 Å². The molecule has 10 fully saturated rings. The number of carbonyl (C=O) groups excluding carboxylic acids is 1. The van der Waals surface area contributed by atoms with Crippen molar-refractivity contribution in [3.05, 3.63) is 37.0 Å². The van der Waals surface area contributed by atoms with Gasteiger partial charge in [-0.3, -0.25) is 4.79 Å². The van der Waals surface area contributed by atoms with E-state index in [0.29, 0.717) is 51.4 Å². The first-order valence-corrected chi connectivity index (χ1v) is 26.0. The van der Waals surface area contributed by atoms with Crippen LogP contribution in [0.4, 0.5) is 0 Å². The lowest BCUT2D eigenvalue weighted by molar-refractivity contribution is -0.293. The summed E-state index contributed by atoms with van der Waals surface area (Å²) in [6, 6.07) is 0. The molecule has 14 nitrogen and oxygen atoms in total. The van der Waals surface area contributed by atoms with Gasteiger partial charge in [-0.2, -0.15) is 0 Å². The third kappa shape index (κ3) is 9.93. The molecule has 1 aliphatic carbocycles. The van der Waals surface area contributed by atoms with Gasteiger partial charge in [0, 0.05) is 38.2 Å². The standard InChI is InChI=1S/C52H78O14/c1-6-21-56-52(55)28-51-19-17-36-23-30(3)37(58-36)15-13-34-22-29(2)31(4)40(59-34)25-42-48(64-46(54)24-35-14-16-39-49(60-35)44(65-51)27-45(61-39)50(52)66-51)32(5)47-43(62-42)26-41(38(63-47)18-20-53)57-33-11-9-7-8-10-12-33/h6,29,32-45,47-50,53,55H,1,3-4,7-28H2,2,5H3/t29-,32+,34+,35?,36?,37?,38?,39?,40?,41?,42?,43+,44?,45?,47+,48?,49+,50?,51-,52+/m1/s1. The maximum atomic E-state index is 14.4. The molecule has 370 valence electrons. The van der Waals surface area contributed by atoms with E-state index in [1.165, 1.54) is 12.8 Å². The molecule has 0 aromatic carbocycles. The SMILES string of the molecule is C=CCO[C@@]1(O)C[C@]23CCC4CC(=C)C(CC[C@H]5C[C@@H](C)C(=C)C(CC6O[C@H]7CC(OC8CCCCCC8)C(CCO)O[C@H]7[C@H](C)C6OC(=O)CC6CCC7OC(CC(O2)[C@H]7O6)C1O3)O5)O4. The van der Waals surface area contributed by atoms with Gasteiger partial charge in [-0.1, -0.05) is 58.8 Å². The third-order valence-electron chi connectivity index (χ3n) is 17.1. The number of hydrogen-bond donors (Lipinski definition) is 2. The van der Waals surface area contributed by atoms with E-state index in [0.717, 1.165) is 62.5 Å². The fourth-order valence-corrected chi connectivity index (χ4v) is 13.6. The van der Waals surface area contributed by atoms with Crippen molar-refractivity contribution in [2.75, 3.05) is 13.2 Å². The Morgan fingerprint density at radius 1 is 0.727 bits per heavy atom. The number of aliphatic hydroxyl groups is 2. The van der Waals surface area contributed by atoms with E-state index in [1.54, 1.807) is 6.08 Å². The average Bonchev–Trinajstić information content (AvgIpc) is 3.60. The van der Waals surface area contributed by atoms with Crippen LogP contribution in [-0.2, 0) is 56.9 Å². The Hall–Kier alpha value is -1.79. The van der Waals surface area contributed by atoms with Gasteiger partial charge < -0.3 is 62.3 Å². The highest BCUT2D eigenvalue weighted by Crippen LogP contribution is 2.53. The Morgan fingerprint density at radius 3 is 2.29 bits per heavy atom. The quantitative estimate of drug-likeness (QED) is 0.118. The normalized spacial score (nSPS) is 49.1. The summed E-state index contributed by atoms with van der Waals surface area (Å²) in [7, 11) is 0. The van der Waals surface area contributed by atoms with Crippen LogP contribution in [0.3, 0.4) is 0 Å². The fourth-order valence-electron chi connectivity index (χ4n) is 13.6. The molecular formula is C52H78O14. The van der Waals surface area contributed by atoms with Crippen molar-refractivity contribution in [1.82, 2.24) is 0 Å². The average molecular weight is 927 g/mol. The van der Waals surface area contributed by atoms with Crippen LogP contribution in [0.15, 0.2) is 37.0 Å². The van der Waals surface area contributed by atoms with Crippen LogP contribution in [-0.4, -0.2) is 145 Å². The minimum atomic E-state index is -1.63. The van der Waals surface area contributed by atoms with Crippen molar-refractivity contribution in [2.45, 2.75) is 258 Å². The zero-order valence-electron chi connectivity index (χ0n) is 39.5. The molecule has 0 amide bonds. The smallest absolute Gasteiger partial charge is 0.308 e. The van der Waals surface area contributed by atoms with Gasteiger partial charge in [0.2, 0.25) is 0 Å². The highest BCUT2D eigenvalue weighted by molar-refractivity contribution is 5.70. The molecule has 12 unspecified atom stereocenters. The van der Waals surface area contributed by atoms with E-state index in [2.05, 4.69) is 33.6 Å². The Bertz CT molecular complexity index is 1740. The lowest BCUT2D eigenvalue weighted by Gasteiger charge is -2.52. The van der Waals surface area contributed by atoms with Crippen LogP contribution in [0.1, 0.15) is 142 Å². The second-order valence-electron chi connectivity index (χ2n) is 21.8. The van der Waals surface area contributed by atoms with E-state index in [-0.39, 0.29) is 111 Å². The van der Waals surface area contributed by atoms with Crippen molar-refractivity contribution in [3.8, 4) is 0 Å². The molecule has 20 atom stereocenters. The summed E-state index contributed by atoms with van der Waals surface area (Å²) in [5, 5.41) is 22.3. The third-order valence-corrected chi connectivity index (χ3v) is 17.1. The summed E-state index contributed by atoms with van der Waals surface area (Å²) >= 11 is 0. The van der Waals surface area contributed by atoms with Crippen molar-refractivity contribution in [3.63, 3.8) is 0 Å². The zero-order chi connectivity index (χ0) is 45.7. The number of ether oxygens (including phenoxy) is 11. The summed E-state index contributed by atoms with van der Waals surface area (Å²) in [6.07, 6.45) is 10.8. The van der Waals surface area contributed by atoms with Crippen LogP contribution in [0.2, 0.25) is 0 Å². The summed E-state index contributed by atoms with van der Waals surface area (Å²) in [5.41, 5.74) is 2.11. The largest absolute Gasteiger partial charge is 0.459 e. The van der Waals surface area contributed by atoms with Gasteiger partial charge in [0.05, 0.1) is 105 Å². The molecule has 66 heavy (non-hydrogen) atoms. The van der Waals surface area contributed by atoms with E-state index in [1.807, 2.05) is 0 Å². The molecule has 10 rings (SSSR count). The lowest BCUT2D eigenvalue weighted by atomic mass is 9.79. The van der Waals surface area contributed by atoms with Gasteiger partial charge in [-0.15, -0.1) is 6.58 Å². The van der Waals surface area contributed by atoms with E-state index >= 15 is 0 Å². The minimum absolute atomic E-state index is 0.00725. The number of hydrogen-bond acceptors (Lipinski definition) is 14. The molecule has 10 aliphatic rings. The summed E-state index contributed by atoms with van der Waals surface area (Å²) in [5.74, 6) is -3.14. The summed E-state index contributed by atoms with van der Waals surface area (Å²) in [6.45, 7) is 17.3. The molecule has 10 bridgehead atoms. The number of carbonyl (C=O) groups is 1. The van der Waals surface area contributed by atoms with Gasteiger partial charge in [0.1, 0.15) is 18.3 Å². The number of fused-ring (bicyclic) bond motifs is 10. The van der Waals surface area contributed by atoms with Crippen molar-refractivity contribution >= 4 is 5.97 Å². The van der Waals surface area contributed by atoms with E-state index in [4.69, 9.17) is 52.1 Å². The Morgan fingerprint density at radius 2 is 1.48 bits per heavy atom. The highest BCUT2D eigenvalue weighted by atomic mass is 16.8. The van der Waals surface area contributed by atoms with Crippen LogP contribution in [0.25, 0.3) is 0 Å². The molecule has 14 heteroatoms. The predicted molar refractivity (Wildman–Crippen MR) is 240 cm³/mol. The summed E-state index contributed by atoms with van der Waals surface area (Å²) in [4.78, 5) is 14.4. The molecule has 9 saturated heterocycles. The molecule has 1 spiro atoms. The first-order valence-electron chi connectivity index (χ1n) is 26.0. The lowest BCUT2D eigenvalue weighted by Crippen LogP contribution is -2.62. The molecular weight excluding hydrogens is 849 g/mol. The van der Waals surface area contributed by atoms with Gasteiger partial charge >= 0.3 is 5.97 Å². The molecule has 0 radical (unpaired) electrons. The monoisotopic (exact) mass is 927 g/mol. The van der Waals surface area contributed by atoms with Crippen molar-refractivity contribution in [1.29, 1.82) is 0 Å². The van der Waals surface area contributed by atoms with Crippen molar-refractivity contribution in [2.24, 2.45) is 11.8 Å². The van der Waals surface area contributed by atoms with Crippen LogP contribution in [0, 0.1) is 11.8 Å². The molecule has 1 saturated carbocycles. The van der Waals surface area contributed by atoms with Crippen LogP contribution in [0.5, 0.6) is 0 Å². The van der Waals surface area contributed by atoms with E-state index in [9.17, 15) is 15.0 Å². The maximum Gasteiger partial charge on any atom is 0.308 e. The van der Waals surface area contributed by atoms with Crippen molar-refractivity contribution < 1.29 is 67.1 Å². The number of rotatable bonds is 7. The van der Waals surface area contributed by atoms with Gasteiger partial charge in [0.15, 0.2) is 11.6 Å². The second-order valence-corrected chi connectivity index (χ2v) is 21.8. The van der Waals surface area contributed by atoms with Crippen LogP contribution < -0.4 is 0 Å². The first kappa shape index (κ1) is 47.9. The van der Waals surface area contributed by atoms with Gasteiger partial charge in [-0.25, -0.2) is 0 Å². The Balaban J connectivity index is 0.917. The number of esters is 1. The topological polar surface area (TPSA) is 159 Å². The Kier molecular flexibility index (Phi) is 14.6. The minimum Gasteiger partial charge on any atom is -0.459 e. The van der Waals surface area contributed by atoms with Crippen LogP contribution >= 0.6 is 0 Å². The molecule has 9 heterocycles.